The van der Waals surface area contributed by atoms with E-state index in [1.807, 2.05) is 50.2 Å². The van der Waals surface area contributed by atoms with Crippen molar-refractivity contribution in [2.75, 3.05) is 13.2 Å². The molecule has 1 atom stereocenters. The summed E-state index contributed by atoms with van der Waals surface area (Å²) >= 11 is 0. The monoisotopic (exact) mass is 463 g/mol. The molecule has 34 heavy (non-hydrogen) atoms. The Morgan fingerprint density at radius 1 is 1.15 bits per heavy atom. The maximum atomic E-state index is 13.2. The number of hydrogen-bond donors (Lipinski definition) is 1. The van der Waals surface area contributed by atoms with Crippen molar-refractivity contribution in [1.82, 2.24) is 4.90 Å². The molecule has 2 aliphatic rings. The zero-order valence-corrected chi connectivity index (χ0v) is 20.2. The normalized spacial score (nSPS) is 19.3. The first-order chi connectivity index (χ1) is 16.4. The Hall–Kier alpha value is -3.28. The number of ether oxygens (including phenoxy) is 2. The second kappa shape index (κ2) is 10.3. The van der Waals surface area contributed by atoms with Crippen LogP contribution in [0.15, 0.2) is 48.0 Å². The van der Waals surface area contributed by atoms with Gasteiger partial charge in [0.2, 0.25) is 0 Å². The minimum Gasteiger partial charge on any atom is -0.507 e. The van der Waals surface area contributed by atoms with E-state index in [9.17, 15) is 14.7 Å². The van der Waals surface area contributed by atoms with Gasteiger partial charge in [0.25, 0.3) is 11.7 Å². The van der Waals surface area contributed by atoms with E-state index in [1.165, 1.54) is 0 Å². The van der Waals surface area contributed by atoms with Gasteiger partial charge in [-0.15, -0.1) is 0 Å². The molecule has 2 heterocycles. The van der Waals surface area contributed by atoms with Crippen LogP contribution >= 0.6 is 0 Å². The van der Waals surface area contributed by atoms with E-state index in [-0.39, 0.29) is 17.4 Å². The zero-order valence-electron chi connectivity index (χ0n) is 20.2. The van der Waals surface area contributed by atoms with Crippen molar-refractivity contribution in [2.45, 2.75) is 65.0 Å². The molecular formula is C28H33NO5. The van der Waals surface area contributed by atoms with E-state index >= 15 is 0 Å². The number of ketones is 1. The lowest BCUT2D eigenvalue weighted by Crippen LogP contribution is -2.30. The molecule has 1 saturated heterocycles. The molecule has 1 N–H and O–H groups in total. The minimum absolute atomic E-state index is 0.0403. The molecule has 0 aromatic heterocycles. The van der Waals surface area contributed by atoms with Gasteiger partial charge in [0.1, 0.15) is 17.3 Å². The highest BCUT2D eigenvalue weighted by Crippen LogP contribution is 2.40. The van der Waals surface area contributed by atoms with Crippen LogP contribution in [0.4, 0.5) is 0 Å². The van der Waals surface area contributed by atoms with Crippen LogP contribution in [-0.4, -0.2) is 41.0 Å². The van der Waals surface area contributed by atoms with E-state index in [2.05, 4.69) is 6.92 Å². The molecule has 2 aliphatic heterocycles. The van der Waals surface area contributed by atoms with Gasteiger partial charge >= 0.3 is 0 Å². The average molecular weight is 464 g/mol. The maximum absolute atomic E-state index is 13.2. The van der Waals surface area contributed by atoms with Crippen molar-refractivity contribution in [2.24, 2.45) is 0 Å². The molecule has 1 fully saturated rings. The molecule has 1 unspecified atom stereocenters. The first-order valence-electron chi connectivity index (χ1n) is 12.2. The molecule has 2 aromatic carbocycles. The Kier molecular flexibility index (Phi) is 7.25. The summed E-state index contributed by atoms with van der Waals surface area (Å²) in [5, 5.41) is 11.3. The Morgan fingerprint density at radius 3 is 2.62 bits per heavy atom. The Labute approximate surface area is 201 Å². The SMILES string of the molecule is CCCCCN1C(=O)C(=O)/C(=C(\O)c2ccc3c(c2)CCCO3)C1c1ccc(OC(C)C)cc1. The number of Topliss-reactive ketones (excluding diaryl/α,β-unsaturated/α-hetero) is 1. The summed E-state index contributed by atoms with van der Waals surface area (Å²) < 4.78 is 11.4. The third kappa shape index (κ3) is 4.81. The second-order valence-electron chi connectivity index (χ2n) is 9.21. The number of rotatable bonds is 8. The standard InChI is InChI=1S/C28H33NO5/c1-4-5-6-15-29-25(19-9-12-22(13-10-19)34-18(2)3)24(27(31)28(29)32)26(30)21-11-14-23-20(17-21)8-7-16-33-23/h9-14,17-18,25,30H,4-8,15-16H2,1-3H3/b26-24-. The maximum Gasteiger partial charge on any atom is 0.295 e. The summed E-state index contributed by atoms with van der Waals surface area (Å²) in [6.45, 7) is 7.15. The predicted molar refractivity (Wildman–Crippen MR) is 131 cm³/mol. The van der Waals surface area contributed by atoms with Gasteiger partial charge < -0.3 is 19.5 Å². The van der Waals surface area contributed by atoms with Crippen LogP contribution in [0.2, 0.25) is 0 Å². The minimum atomic E-state index is -0.643. The van der Waals surface area contributed by atoms with Crippen LogP contribution in [0.5, 0.6) is 11.5 Å². The first-order valence-corrected chi connectivity index (χ1v) is 12.2. The second-order valence-corrected chi connectivity index (χ2v) is 9.21. The number of amides is 1. The molecule has 1 amide bonds. The lowest BCUT2D eigenvalue weighted by molar-refractivity contribution is -0.139. The number of fused-ring (bicyclic) bond motifs is 1. The average Bonchev–Trinajstić information content (AvgIpc) is 3.08. The zero-order chi connectivity index (χ0) is 24.2. The van der Waals surface area contributed by atoms with Gasteiger partial charge in [-0.2, -0.15) is 0 Å². The number of carbonyl (C=O) groups is 2. The van der Waals surface area contributed by atoms with Gasteiger partial charge in [0.05, 0.1) is 24.3 Å². The molecule has 180 valence electrons. The summed E-state index contributed by atoms with van der Waals surface area (Å²) in [5.41, 5.74) is 2.44. The van der Waals surface area contributed by atoms with E-state index in [0.29, 0.717) is 18.7 Å². The number of aliphatic hydroxyl groups excluding tert-OH is 1. The quantitative estimate of drug-likeness (QED) is 0.245. The van der Waals surface area contributed by atoms with Gasteiger partial charge in [-0.05, 0) is 74.6 Å². The van der Waals surface area contributed by atoms with E-state index in [0.717, 1.165) is 54.7 Å². The Bertz CT molecular complexity index is 1090. The van der Waals surface area contributed by atoms with Crippen LogP contribution in [-0.2, 0) is 16.0 Å². The third-order valence-corrected chi connectivity index (χ3v) is 6.29. The summed E-state index contributed by atoms with van der Waals surface area (Å²) in [5.74, 6) is 0.177. The van der Waals surface area contributed by atoms with Crippen molar-refractivity contribution in [3.63, 3.8) is 0 Å². The largest absolute Gasteiger partial charge is 0.507 e. The van der Waals surface area contributed by atoms with Crippen molar-refractivity contribution in [3.05, 3.63) is 64.7 Å². The Balaban J connectivity index is 1.76. The summed E-state index contributed by atoms with van der Waals surface area (Å²) in [4.78, 5) is 27.9. The van der Waals surface area contributed by atoms with E-state index in [1.54, 1.807) is 11.0 Å². The van der Waals surface area contributed by atoms with Crippen molar-refractivity contribution in [1.29, 1.82) is 0 Å². The van der Waals surface area contributed by atoms with Crippen LogP contribution in [0.3, 0.4) is 0 Å². The molecule has 6 nitrogen and oxygen atoms in total. The van der Waals surface area contributed by atoms with Gasteiger partial charge in [0, 0.05) is 12.1 Å². The van der Waals surface area contributed by atoms with Crippen LogP contribution in [0, 0.1) is 0 Å². The number of aliphatic hydroxyl groups is 1. The number of likely N-dealkylation sites (tertiary alicyclic amines) is 1. The van der Waals surface area contributed by atoms with Gasteiger partial charge in [-0.1, -0.05) is 31.9 Å². The molecule has 0 spiro atoms. The number of benzene rings is 2. The Morgan fingerprint density at radius 2 is 1.91 bits per heavy atom. The number of unbranched alkanes of at least 4 members (excludes halogenated alkanes) is 2. The van der Waals surface area contributed by atoms with Crippen LogP contribution < -0.4 is 9.47 Å². The molecule has 0 bridgehead atoms. The fourth-order valence-corrected chi connectivity index (χ4v) is 4.65. The lowest BCUT2D eigenvalue weighted by Gasteiger charge is -2.26. The number of nitrogens with zero attached hydrogens (tertiary/aromatic N) is 1. The van der Waals surface area contributed by atoms with Crippen molar-refractivity contribution in [3.8, 4) is 11.5 Å². The number of aryl methyl sites for hydroxylation is 1. The highest BCUT2D eigenvalue weighted by atomic mass is 16.5. The lowest BCUT2D eigenvalue weighted by atomic mass is 9.94. The first kappa shape index (κ1) is 23.9. The molecule has 6 heteroatoms. The summed E-state index contributed by atoms with van der Waals surface area (Å²) in [6.07, 6.45) is 4.56. The molecule has 4 rings (SSSR count). The topological polar surface area (TPSA) is 76.1 Å². The van der Waals surface area contributed by atoms with Gasteiger partial charge in [-0.3, -0.25) is 9.59 Å². The number of carbonyl (C=O) groups excluding carboxylic acids is 2. The molecule has 0 radical (unpaired) electrons. The van der Waals surface area contributed by atoms with E-state index < -0.39 is 17.7 Å². The van der Waals surface area contributed by atoms with E-state index in [4.69, 9.17) is 9.47 Å². The summed E-state index contributed by atoms with van der Waals surface area (Å²) in [7, 11) is 0. The smallest absolute Gasteiger partial charge is 0.295 e. The summed E-state index contributed by atoms with van der Waals surface area (Å²) in [6, 6.07) is 12.2. The highest BCUT2D eigenvalue weighted by molar-refractivity contribution is 6.46. The molecule has 2 aromatic rings. The number of hydrogen-bond acceptors (Lipinski definition) is 5. The predicted octanol–water partition coefficient (Wildman–Crippen LogP) is 5.41. The van der Waals surface area contributed by atoms with Crippen LogP contribution in [0.1, 0.15) is 69.2 Å². The molecule has 0 saturated carbocycles. The fraction of sp³-hybridized carbons (Fsp3) is 0.429. The van der Waals surface area contributed by atoms with Crippen LogP contribution in [0.25, 0.3) is 5.76 Å². The van der Waals surface area contributed by atoms with Crippen molar-refractivity contribution >= 4 is 17.4 Å². The molecular weight excluding hydrogens is 430 g/mol. The van der Waals surface area contributed by atoms with Gasteiger partial charge in [-0.25, -0.2) is 0 Å². The van der Waals surface area contributed by atoms with Crippen molar-refractivity contribution < 1.29 is 24.2 Å². The van der Waals surface area contributed by atoms with Gasteiger partial charge in [0.15, 0.2) is 0 Å². The third-order valence-electron chi connectivity index (χ3n) is 6.29. The highest BCUT2D eigenvalue weighted by Gasteiger charge is 2.45. The molecule has 0 aliphatic carbocycles. The fourth-order valence-electron chi connectivity index (χ4n) is 4.65.